The van der Waals surface area contributed by atoms with Gasteiger partial charge in [0.15, 0.2) is 35.8 Å². The van der Waals surface area contributed by atoms with Gasteiger partial charge in [-0.15, -0.1) is 0 Å². The molecule has 0 unspecified atom stereocenters. The highest BCUT2D eigenvalue weighted by Crippen LogP contribution is 2.39. The summed E-state index contributed by atoms with van der Waals surface area (Å²) < 4.78 is 31.5. The molecular formula is C92H98N11O+9. The molecule has 0 amide bonds. The summed E-state index contributed by atoms with van der Waals surface area (Å²) in [5.41, 5.74) is 23.9. The average molecular weight is 1370 g/mol. The number of aryl methyl sites for hydroxylation is 6. The first-order chi connectivity index (χ1) is 50.2. The molecule has 104 heavy (non-hydrogen) atoms. The van der Waals surface area contributed by atoms with E-state index in [2.05, 4.69) is 412 Å². The minimum Gasteiger partial charge on any atom is -0.449 e. The van der Waals surface area contributed by atoms with E-state index in [0.717, 1.165) is 56.2 Å². The highest BCUT2D eigenvalue weighted by atomic mass is 16.3. The minimum atomic E-state index is 0.392. The number of fused-ring (bicyclic) bond motifs is 6. The fourth-order valence-corrected chi connectivity index (χ4v) is 15.7. The number of rotatable bonds is 12. The largest absolute Gasteiger partial charge is 0.449 e. The maximum atomic E-state index is 6.30. The van der Waals surface area contributed by atoms with Gasteiger partial charge >= 0.3 is 17.3 Å². The van der Waals surface area contributed by atoms with Gasteiger partial charge < -0.3 is 4.42 Å². The average Bonchev–Trinajstić information content (AvgIpc) is 1.56. The van der Waals surface area contributed by atoms with Crippen LogP contribution in [-0.2, 0) is 63.4 Å². The van der Waals surface area contributed by atoms with Crippen molar-refractivity contribution >= 4 is 54.5 Å². The quantitative estimate of drug-likeness (QED) is 0.112. The van der Waals surface area contributed by atoms with Crippen LogP contribution in [0.1, 0.15) is 101 Å². The third-order valence-electron chi connectivity index (χ3n) is 21.1. The zero-order valence-corrected chi connectivity index (χ0v) is 63.5. The molecule has 10 heterocycles. The Labute approximate surface area is 612 Å². The Morgan fingerprint density at radius 3 is 1.27 bits per heavy atom. The lowest BCUT2D eigenvalue weighted by atomic mass is 9.92. The molecule has 0 aliphatic rings. The summed E-state index contributed by atoms with van der Waals surface area (Å²) in [6.45, 7) is 18.3. The van der Waals surface area contributed by atoms with Crippen LogP contribution >= 0.6 is 0 Å². The summed E-state index contributed by atoms with van der Waals surface area (Å²) in [7, 11) is 19.2. The molecule has 0 saturated carbocycles. The van der Waals surface area contributed by atoms with E-state index in [4.69, 9.17) is 4.42 Å². The van der Waals surface area contributed by atoms with Crippen molar-refractivity contribution in [1.82, 2.24) is 9.13 Å². The van der Waals surface area contributed by atoms with E-state index < -0.39 is 0 Å². The van der Waals surface area contributed by atoms with Crippen LogP contribution in [0.5, 0.6) is 0 Å². The number of imidazole rings is 2. The van der Waals surface area contributed by atoms with Gasteiger partial charge in [-0.2, -0.15) is 41.1 Å². The zero-order chi connectivity index (χ0) is 72.9. The van der Waals surface area contributed by atoms with Crippen LogP contribution in [0, 0.1) is 0 Å². The summed E-state index contributed by atoms with van der Waals surface area (Å²) in [5.74, 6) is 3.97. The fourth-order valence-electron chi connectivity index (χ4n) is 15.7. The maximum absolute atomic E-state index is 6.30. The van der Waals surface area contributed by atoms with Gasteiger partial charge in [-0.05, 0) is 89.0 Å². The van der Waals surface area contributed by atoms with E-state index in [9.17, 15) is 0 Å². The van der Waals surface area contributed by atoms with E-state index in [-0.39, 0.29) is 0 Å². The highest BCUT2D eigenvalue weighted by molar-refractivity contribution is 6.07. The van der Waals surface area contributed by atoms with Gasteiger partial charge in [-0.3, -0.25) is 0 Å². The first-order valence-corrected chi connectivity index (χ1v) is 36.5. The summed E-state index contributed by atoms with van der Waals surface area (Å²) in [6.07, 6.45) is 12.9. The predicted octanol–water partition coefficient (Wildman–Crippen LogP) is 15.9. The molecule has 0 spiro atoms. The molecule has 0 bridgehead atoms. The van der Waals surface area contributed by atoms with Gasteiger partial charge in [0.2, 0.25) is 5.58 Å². The van der Waals surface area contributed by atoms with Crippen molar-refractivity contribution in [2.24, 2.45) is 63.4 Å². The van der Waals surface area contributed by atoms with Gasteiger partial charge in [-0.1, -0.05) is 159 Å². The Bertz CT molecular complexity index is 5910. The van der Waals surface area contributed by atoms with E-state index in [1.807, 2.05) is 18.2 Å². The SMILES string of the molecule is CC(C)c1cccc(C(C)C)c1-n1c(-c2cccc(-c3c4ccccc4cc[n+]3C)[n+]2C)[n+](C)c2ccccc21.CC(C)c1cccc(C(C)C)c1-n1cc[n+](C)c1-c1cccc(-c2c3ccccc3cc[n+]2C)[n+]1C.C[n+]1ccccc1-c1cccc(-c2c3oc4ccccc4c3cc[n+]2C)[n+]1C. The smallest absolute Gasteiger partial charge is 0.360 e. The molecule has 10 aromatic heterocycles. The lowest BCUT2D eigenvalue weighted by Gasteiger charge is -2.18. The van der Waals surface area contributed by atoms with Gasteiger partial charge in [0.1, 0.15) is 78.7 Å². The minimum absolute atomic E-state index is 0.392. The third kappa shape index (κ3) is 12.4. The molecular weight excluding hydrogens is 1280 g/mol. The van der Waals surface area contributed by atoms with Gasteiger partial charge in [-0.25, -0.2) is 9.13 Å². The number of hydrogen-bond donors (Lipinski definition) is 0. The van der Waals surface area contributed by atoms with Crippen LogP contribution in [-0.4, -0.2) is 9.13 Å². The summed E-state index contributed by atoms with van der Waals surface area (Å²) in [4.78, 5) is 0. The topological polar surface area (TPSA) is 57.9 Å². The second kappa shape index (κ2) is 28.7. The summed E-state index contributed by atoms with van der Waals surface area (Å²) >= 11 is 0. The number of pyridine rings is 7. The first-order valence-electron chi connectivity index (χ1n) is 36.5. The molecule has 518 valence electrons. The molecule has 0 saturated heterocycles. The maximum Gasteiger partial charge on any atom is 0.360 e. The lowest BCUT2D eigenvalue weighted by molar-refractivity contribution is -0.697. The van der Waals surface area contributed by atoms with Gasteiger partial charge in [0, 0.05) is 99.8 Å². The summed E-state index contributed by atoms with van der Waals surface area (Å²) in [6, 6.07) is 80.4. The van der Waals surface area contributed by atoms with Crippen molar-refractivity contribution in [3.63, 3.8) is 0 Å². The standard InChI is InChI=1S/C36H39N4.C32H37N4.C24H22N3O/c1-24(2)27-16-12-17-28(25(3)4)34(27)40-31-19-11-10-18-30(31)39(7)36(40)33-21-13-20-32(38(33)6)35-29-15-9-8-14-26(29)22-23-37(35)5;1-22(2)25-14-10-15-26(23(3)4)30(25)36-21-20-34(6)32(36)29-17-11-16-28(35(29)7)31-27-13-9-8-12-24(27)18-19-33(31)5;1-25-15-7-6-10-19(25)20-11-8-12-21(27(20)3)23-24-18(14-16-26(23)2)17-9-4-5-13-22(17)28-24/h8-25H,1-7H3;8-23H,1-7H3;4-16H,1-3H3/q3*+3. The molecule has 0 fully saturated rings. The first kappa shape index (κ1) is 69.5. The second-order valence-electron chi connectivity index (χ2n) is 29.1. The van der Waals surface area contributed by atoms with Crippen LogP contribution < -0.4 is 41.1 Å². The Hall–Kier alpha value is -11.6. The normalized spacial score (nSPS) is 11.7. The van der Waals surface area contributed by atoms with Crippen molar-refractivity contribution in [3.8, 4) is 80.0 Å². The van der Waals surface area contributed by atoms with Crippen molar-refractivity contribution in [3.05, 3.63) is 284 Å². The Balaban J connectivity index is 0.000000134. The van der Waals surface area contributed by atoms with Gasteiger partial charge in [0.25, 0.3) is 51.2 Å². The summed E-state index contributed by atoms with van der Waals surface area (Å²) in [5, 5.41) is 7.28. The fraction of sp³-hybridized carbons (Fsp3) is 0.228. The van der Waals surface area contributed by atoms with E-state index >= 15 is 0 Å². The molecule has 6 aromatic carbocycles. The van der Waals surface area contributed by atoms with Crippen molar-refractivity contribution in [1.29, 1.82) is 0 Å². The van der Waals surface area contributed by atoms with E-state index in [1.54, 1.807) is 0 Å². The van der Waals surface area contributed by atoms with Crippen molar-refractivity contribution in [2.45, 2.75) is 79.1 Å². The number of benzene rings is 6. The third-order valence-corrected chi connectivity index (χ3v) is 21.1. The molecule has 12 heteroatoms. The molecule has 0 radical (unpaired) electrons. The number of nitrogens with zero attached hydrogens (tertiary/aromatic N) is 11. The molecule has 0 aliphatic heterocycles. The molecule has 16 aromatic rings. The Kier molecular flexibility index (Phi) is 19.1. The highest BCUT2D eigenvalue weighted by Gasteiger charge is 2.39. The predicted molar refractivity (Wildman–Crippen MR) is 417 cm³/mol. The number of hydrogen-bond acceptors (Lipinski definition) is 1. The number of para-hydroxylation sites is 5. The Morgan fingerprint density at radius 2 is 0.712 bits per heavy atom. The molecule has 0 aliphatic carbocycles. The zero-order valence-electron chi connectivity index (χ0n) is 63.5. The molecule has 12 nitrogen and oxygen atoms in total. The molecule has 0 N–H and O–H groups in total. The monoisotopic (exact) mass is 1370 g/mol. The lowest BCUT2D eigenvalue weighted by Crippen LogP contribution is -2.43. The van der Waals surface area contributed by atoms with Crippen molar-refractivity contribution < 1.29 is 45.5 Å². The Morgan fingerprint density at radius 1 is 0.288 bits per heavy atom. The van der Waals surface area contributed by atoms with Crippen LogP contribution in [0.25, 0.3) is 134 Å². The van der Waals surface area contributed by atoms with E-state index in [1.165, 1.54) is 101 Å². The van der Waals surface area contributed by atoms with Crippen LogP contribution in [0.3, 0.4) is 0 Å². The van der Waals surface area contributed by atoms with Crippen LogP contribution in [0.4, 0.5) is 0 Å². The molecule has 0 atom stereocenters. The second-order valence-corrected chi connectivity index (χ2v) is 29.1. The van der Waals surface area contributed by atoms with Crippen LogP contribution in [0.2, 0.25) is 0 Å². The number of aromatic nitrogens is 11. The van der Waals surface area contributed by atoms with Gasteiger partial charge in [0.05, 0.1) is 24.9 Å². The van der Waals surface area contributed by atoms with E-state index in [0.29, 0.717) is 23.7 Å². The van der Waals surface area contributed by atoms with Crippen LogP contribution in [0.15, 0.2) is 266 Å². The van der Waals surface area contributed by atoms with Crippen molar-refractivity contribution in [2.75, 3.05) is 0 Å². The number of furan rings is 1. The molecule has 16 rings (SSSR count).